The van der Waals surface area contributed by atoms with E-state index in [0.717, 1.165) is 32.4 Å². The van der Waals surface area contributed by atoms with Crippen molar-refractivity contribution in [1.29, 1.82) is 0 Å². The first-order chi connectivity index (χ1) is 8.72. The minimum atomic E-state index is -0.121. The number of carbonyl (C=O) groups excluding carboxylic acids is 1. The Labute approximate surface area is 110 Å². The molecule has 1 heterocycles. The predicted octanol–water partition coefficient (Wildman–Crippen LogP) is 3.60. The van der Waals surface area contributed by atoms with Crippen molar-refractivity contribution in [3.8, 4) is 0 Å². The van der Waals surface area contributed by atoms with E-state index in [1.807, 2.05) is 4.90 Å². The van der Waals surface area contributed by atoms with Gasteiger partial charge in [-0.15, -0.1) is 0 Å². The number of unbranched alkanes of at least 4 members (excludes halogenated alkanes) is 1. The first-order valence-electron chi connectivity index (χ1n) is 7.31. The molecular formula is C15H25NO2. The Balaban J connectivity index is 1.86. The molecule has 2 atom stereocenters. The summed E-state index contributed by atoms with van der Waals surface area (Å²) < 4.78 is 5.30. The van der Waals surface area contributed by atoms with Gasteiger partial charge in [0.2, 0.25) is 0 Å². The number of hydrogen-bond acceptors (Lipinski definition) is 2. The maximum Gasteiger partial charge on any atom is 0.409 e. The second kappa shape index (κ2) is 6.26. The number of likely N-dealkylation sites (tertiary alicyclic amines) is 1. The molecule has 1 aliphatic carbocycles. The van der Waals surface area contributed by atoms with Crippen molar-refractivity contribution in [2.75, 3.05) is 19.7 Å². The van der Waals surface area contributed by atoms with Crippen molar-refractivity contribution in [2.24, 2.45) is 11.8 Å². The summed E-state index contributed by atoms with van der Waals surface area (Å²) >= 11 is 0. The van der Waals surface area contributed by atoms with Gasteiger partial charge in [-0.05, 0) is 31.6 Å². The highest BCUT2D eigenvalue weighted by Gasteiger charge is 2.37. The molecule has 3 heteroatoms. The van der Waals surface area contributed by atoms with Crippen LogP contribution in [0.3, 0.4) is 0 Å². The van der Waals surface area contributed by atoms with Crippen LogP contribution in [0.1, 0.15) is 45.4 Å². The monoisotopic (exact) mass is 251 g/mol. The van der Waals surface area contributed by atoms with Gasteiger partial charge >= 0.3 is 6.09 Å². The number of ether oxygens (including phenoxy) is 1. The van der Waals surface area contributed by atoms with Gasteiger partial charge in [-0.3, -0.25) is 0 Å². The molecule has 0 bridgehead atoms. The summed E-state index contributed by atoms with van der Waals surface area (Å²) in [5, 5.41) is 0. The molecule has 2 fully saturated rings. The normalized spacial score (nSPS) is 27.8. The van der Waals surface area contributed by atoms with Crippen LogP contribution in [-0.4, -0.2) is 30.7 Å². The Bertz CT molecular complexity index is 314. The molecule has 0 spiro atoms. The van der Waals surface area contributed by atoms with Gasteiger partial charge in [0.1, 0.15) is 0 Å². The topological polar surface area (TPSA) is 29.5 Å². The molecule has 0 aromatic rings. The van der Waals surface area contributed by atoms with Crippen LogP contribution in [0.25, 0.3) is 0 Å². The predicted molar refractivity (Wildman–Crippen MR) is 72.4 cm³/mol. The van der Waals surface area contributed by atoms with Gasteiger partial charge in [-0.1, -0.05) is 31.9 Å². The van der Waals surface area contributed by atoms with E-state index >= 15 is 0 Å². The lowest BCUT2D eigenvalue weighted by molar-refractivity contribution is 0.107. The van der Waals surface area contributed by atoms with Gasteiger partial charge in [0.05, 0.1) is 6.61 Å². The highest BCUT2D eigenvalue weighted by molar-refractivity contribution is 5.68. The third-order valence-electron chi connectivity index (χ3n) is 4.27. The molecule has 18 heavy (non-hydrogen) atoms. The van der Waals surface area contributed by atoms with Crippen LogP contribution < -0.4 is 0 Å². The van der Waals surface area contributed by atoms with E-state index < -0.39 is 0 Å². The molecule has 2 rings (SSSR count). The van der Waals surface area contributed by atoms with E-state index in [4.69, 9.17) is 4.74 Å². The number of amides is 1. The smallest absolute Gasteiger partial charge is 0.409 e. The molecule has 102 valence electrons. The molecule has 0 aromatic heterocycles. The standard InChI is InChI=1S/C15H25NO2/c1-3-4-9-18-15(17)16-10-13-8-6-5-7-12(2)14(13)11-16/h13-14H,2-11H2,1H3. The summed E-state index contributed by atoms with van der Waals surface area (Å²) in [7, 11) is 0. The summed E-state index contributed by atoms with van der Waals surface area (Å²) in [5.41, 5.74) is 1.35. The van der Waals surface area contributed by atoms with E-state index in [0.29, 0.717) is 18.4 Å². The van der Waals surface area contributed by atoms with Crippen LogP contribution in [-0.2, 0) is 4.74 Å². The average molecular weight is 251 g/mol. The lowest BCUT2D eigenvalue weighted by Crippen LogP contribution is -2.30. The zero-order valence-electron chi connectivity index (χ0n) is 11.5. The Morgan fingerprint density at radius 3 is 3.06 bits per heavy atom. The fraction of sp³-hybridized carbons (Fsp3) is 0.800. The van der Waals surface area contributed by atoms with Gasteiger partial charge in [-0.2, -0.15) is 0 Å². The van der Waals surface area contributed by atoms with Gasteiger partial charge in [0.25, 0.3) is 0 Å². The largest absolute Gasteiger partial charge is 0.449 e. The lowest BCUT2D eigenvalue weighted by Gasteiger charge is -2.17. The maximum atomic E-state index is 11.9. The quantitative estimate of drug-likeness (QED) is 0.566. The van der Waals surface area contributed by atoms with E-state index in [-0.39, 0.29) is 6.09 Å². The molecule has 0 aromatic carbocycles. The van der Waals surface area contributed by atoms with Gasteiger partial charge in [0.15, 0.2) is 0 Å². The third kappa shape index (κ3) is 3.06. The van der Waals surface area contributed by atoms with E-state index in [9.17, 15) is 4.79 Å². The Hall–Kier alpha value is -0.990. The molecule has 0 N–H and O–H groups in total. The van der Waals surface area contributed by atoms with E-state index in [2.05, 4.69) is 13.5 Å². The summed E-state index contributed by atoms with van der Waals surface area (Å²) in [5.74, 6) is 1.14. The first-order valence-corrected chi connectivity index (χ1v) is 7.31. The minimum absolute atomic E-state index is 0.121. The molecule has 1 aliphatic heterocycles. The highest BCUT2D eigenvalue weighted by atomic mass is 16.6. The Morgan fingerprint density at radius 2 is 2.28 bits per heavy atom. The lowest BCUT2D eigenvalue weighted by atomic mass is 9.88. The van der Waals surface area contributed by atoms with Crippen molar-refractivity contribution < 1.29 is 9.53 Å². The molecule has 1 saturated heterocycles. The minimum Gasteiger partial charge on any atom is -0.449 e. The second-order valence-electron chi connectivity index (χ2n) is 5.64. The zero-order chi connectivity index (χ0) is 13.0. The molecule has 2 aliphatic rings. The van der Waals surface area contributed by atoms with E-state index in [1.54, 1.807) is 0 Å². The molecular weight excluding hydrogens is 226 g/mol. The Morgan fingerprint density at radius 1 is 1.44 bits per heavy atom. The SMILES string of the molecule is C=C1CCCCC2CN(C(=O)OCCCC)CC12. The van der Waals surface area contributed by atoms with Crippen LogP contribution in [0, 0.1) is 11.8 Å². The van der Waals surface area contributed by atoms with Gasteiger partial charge in [-0.25, -0.2) is 4.79 Å². The van der Waals surface area contributed by atoms with Crippen LogP contribution in [0.2, 0.25) is 0 Å². The van der Waals surface area contributed by atoms with Crippen LogP contribution in [0.4, 0.5) is 4.79 Å². The molecule has 1 amide bonds. The third-order valence-corrected chi connectivity index (χ3v) is 4.27. The van der Waals surface area contributed by atoms with Crippen LogP contribution in [0.15, 0.2) is 12.2 Å². The number of rotatable bonds is 3. The second-order valence-corrected chi connectivity index (χ2v) is 5.64. The average Bonchev–Trinajstić information content (AvgIpc) is 2.72. The van der Waals surface area contributed by atoms with Gasteiger partial charge in [0, 0.05) is 19.0 Å². The van der Waals surface area contributed by atoms with Crippen molar-refractivity contribution in [3.63, 3.8) is 0 Å². The molecule has 3 nitrogen and oxygen atoms in total. The van der Waals surface area contributed by atoms with Gasteiger partial charge < -0.3 is 9.64 Å². The van der Waals surface area contributed by atoms with Crippen molar-refractivity contribution in [2.45, 2.75) is 45.4 Å². The summed E-state index contributed by atoms with van der Waals surface area (Å²) in [6.07, 6.45) is 6.83. The summed E-state index contributed by atoms with van der Waals surface area (Å²) in [4.78, 5) is 13.8. The molecule has 1 saturated carbocycles. The summed E-state index contributed by atoms with van der Waals surface area (Å²) in [6, 6.07) is 0. The van der Waals surface area contributed by atoms with Crippen LogP contribution >= 0.6 is 0 Å². The zero-order valence-corrected chi connectivity index (χ0v) is 11.5. The van der Waals surface area contributed by atoms with Crippen molar-refractivity contribution >= 4 is 6.09 Å². The molecule has 2 unspecified atom stereocenters. The van der Waals surface area contributed by atoms with E-state index in [1.165, 1.54) is 24.8 Å². The van der Waals surface area contributed by atoms with Crippen LogP contribution in [0.5, 0.6) is 0 Å². The fourth-order valence-electron chi connectivity index (χ4n) is 3.11. The Kier molecular flexibility index (Phi) is 4.67. The van der Waals surface area contributed by atoms with Crippen molar-refractivity contribution in [3.05, 3.63) is 12.2 Å². The first kappa shape index (κ1) is 13.4. The number of carbonyl (C=O) groups is 1. The fourth-order valence-corrected chi connectivity index (χ4v) is 3.11. The number of hydrogen-bond donors (Lipinski definition) is 0. The number of fused-ring (bicyclic) bond motifs is 1. The number of nitrogens with zero attached hydrogens (tertiary/aromatic N) is 1. The highest BCUT2D eigenvalue weighted by Crippen LogP contribution is 2.37. The maximum absolute atomic E-state index is 11.9. The molecule has 0 radical (unpaired) electrons. The van der Waals surface area contributed by atoms with Crippen molar-refractivity contribution in [1.82, 2.24) is 4.90 Å². The summed E-state index contributed by atoms with van der Waals surface area (Å²) in [6.45, 7) is 8.57.